The SMILES string of the molecule is CCCNC1CCC(C(C)(C)C)CC1CCCS(C)(=O)=O. The van der Waals surface area contributed by atoms with Crippen LogP contribution in [-0.2, 0) is 9.84 Å². The summed E-state index contributed by atoms with van der Waals surface area (Å²) in [6.45, 7) is 10.3. The van der Waals surface area contributed by atoms with Gasteiger partial charge in [0.05, 0.1) is 0 Å². The van der Waals surface area contributed by atoms with Gasteiger partial charge in [-0.15, -0.1) is 0 Å². The van der Waals surface area contributed by atoms with E-state index in [-0.39, 0.29) is 0 Å². The van der Waals surface area contributed by atoms with E-state index in [0.29, 0.717) is 23.1 Å². The molecular weight excluding hydrogens is 282 g/mol. The van der Waals surface area contributed by atoms with Gasteiger partial charge in [0.15, 0.2) is 0 Å². The Bertz CT molecular complexity index is 398. The topological polar surface area (TPSA) is 46.2 Å². The number of rotatable bonds is 7. The second-order valence-electron chi connectivity index (χ2n) is 7.97. The van der Waals surface area contributed by atoms with Crippen LogP contribution in [0.3, 0.4) is 0 Å². The molecule has 1 rings (SSSR count). The Balaban J connectivity index is 2.60. The lowest BCUT2D eigenvalue weighted by Crippen LogP contribution is -2.43. The van der Waals surface area contributed by atoms with Crippen LogP contribution in [0.25, 0.3) is 0 Å². The molecule has 1 aliphatic carbocycles. The van der Waals surface area contributed by atoms with Gasteiger partial charge in [0.25, 0.3) is 0 Å². The Kier molecular flexibility index (Phi) is 7.18. The highest BCUT2D eigenvalue weighted by molar-refractivity contribution is 7.90. The van der Waals surface area contributed by atoms with Crippen molar-refractivity contribution in [3.8, 4) is 0 Å². The van der Waals surface area contributed by atoms with Crippen molar-refractivity contribution < 1.29 is 8.42 Å². The fourth-order valence-corrected chi connectivity index (χ4v) is 4.27. The van der Waals surface area contributed by atoms with E-state index in [9.17, 15) is 8.42 Å². The molecular formula is C17H35NO2S. The van der Waals surface area contributed by atoms with Gasteiger partial charge >= 0.3 is 0 Å². The van der Waals surface area contributed by atoms with E-state index in [1.54, 1.807) is 0 Å². The van der Waals surface area contributed by atoms with Gasteiger partial charge in [-0.05, 0) is 62.3 Å². The lowest BCUT2D eigenvalue weighted by Gasteiger charge is -2.42. The number of hydrogen-bond acceptors (Lipinski definition) is 3. The molecule has 4 heteroatoms. The largest absolute Gasteiger partial charge is 0.314 e. The first kappa shape index (κ1) is 19.0. The van der Waals surface area contributed by atoms with E-state index in [1.807, 2.05) is 0 Å². The van der Waals surface area contributed by atoms with Crippen LogP contribution in [0.1, 0.15) is 66.2 Å². The Morgan fingerprint density at radius 3 is 2.38 bits per heavy atom. The molecule has 0 bridgehead atoms. The van der Waals surface area contributed by atoms with Crippen LogP contribution in [0.4, 0.5) is 0 Å². The number of nitrogens with one attached hydrogen (secondary N) is 1. The maximum absolute atomic E-state index is 11.3. The van der Waals surface area contributed by atoms with Crippen LogP contribution < -0.4 is 5.32 Å². The molecule has 0 aliphatic heterocycles. The van der Waals surface area contributed by atoms with Crippen molar-refractivity contribution in [2.75, 3.05) is 18.6 Å². The maximum Gasteiger partial charge on any atom is 0.147 e. The Morgan fingerprint density at radius 2 is 1.86 bits per heavy atom. The van der Waals surface area contributed by atoms with E-state index in [4.69, 9.17) is 0 Å². The summed E-state index contributed by atoms with van der Waals surface area (Å²) in [4.78, 5) is 0. The van der Waals surface area contributed by atoms with Crippen LogP contribution in [0.2, 0.25) is 0 Å². The smallest absolute Gasteiger partial charge is 0.147 e. The molecule has 1 fully saturated rings. The minimum atomic E-state index is -2.82. The summed E-state index contributed by atoms with van der Waals surface area (Å²) in [5, 5.41) is 3.69. The molecule has 0 saturated heterocycles. The third-order valence-electron chi connectivity index (χ3n) is 4.95. The van der Waals surface area contributed by atoms with Crippen LogP contribution in [0.5, 0.6) is 0 Å². The zero-order valence-electron chi connectivity index (χ0n) is 14.6. The molecule has 0 aromatic carbocycles. The van der Waals surface area contributed by atoms with Gasteiger partial charge in [0, 0.05) is 18.1 Å². The van der Waals surface area contributed by atoms with E-state index < -0.39 is 9.84 Å². The average molecular weight is 318 g/mol. The predicted molar refractivity (Wildman–Crippen MR) is 91.3 cm³/mol. The summed E-state index contributed by atoms with van der Waals surface area (Å²) in [5.41, 5.74) is 0.366. The van der Waals surface area contributed by atoms with Crippen LogP contribution in [0.15, 0.2) is 0 Å². The van der Waals surface area contributed by atoms with Crippen molar-refractivity contribution in [3.05, 3.63) is 0 Å². The maximum atomic E-state index is 11.3. The summed E-state index contributed by atoms with van der Waals surface area (Å²) in [7, 11) is -2.82. The van der Waals surface area contributed by atoms with Crippen LogP contribution in [-0.4, -0.2) is 33.0 Å². The predicted octanol–water partition coefficient (Wildman–Crippen LogP) is 3.64. The average Bonchev–Trinajstić information content (AvgIpc) is 2.34. The molecule has 0 heterocycles. The normalized spacial score (nSPS) is 27.8. The fraction of sp³-hybridized carbons (Fsp3) is 1.00. The monoisotopic (exact) mass is 317 g/mol. The van der Waals surface area contributed by atoms with Gasteiger partial charge in [-0.3, -0.25) is 0 Å². The van der Waals surface area contributed by atoms with Crippen LogP contribution >= 0.6 is 0 Å². The van der Waals surface area contributed by atoms with E-state index in [1.165, 1.54) is 25.5 Å². The molecule has 0 spiro atoms. The molecule has 3 atom stereocenters. The Hall–Kier alpha value is -0.0900. The summed E-state index contributed by atoms with van der Waals surface area (Å²) in [6, 6.07) is 0.586. The van der Waals surface area contributed by atoms with E-state index in [2.05, 4.69) is 33.0 Å². The zero-order chi connectivity index (χ0) is 16.1. The van der Waals surface area contributed by atoms with Gasteiger partial charge in [-0.2, -0.15) is 0 Å². The standard InChI is InChI=1S/C17H35NO2S/c1-6-11-18-16-10-9-15(17(2,3)4)13-14(16)8-7-12-21(5,19)20/h14-16,18H,6-13H2,1-5H3. The molecule has 3 unspecified atom stereocenters. The molecule has 0 aromatic heterocycles. The first-order valence-corrected chi connectivity index (χ1v) is 10.6. The van der Waals surface area contributed by atoms with Gasteiger partial charge in [-0.25, -0.2) is 8.42 Å². The van der Waals surface area contributed by atoms with Crippen molar-refractivity contribution in [1.82, 2.24) is 5.32 Å². The van der Waals surface area contributed by atoms with Crippen molar-refractivity contribution >= 4 is 9.84 Å². The van der Waals surface area contributed by atoms with Gasteiger partial charge in [0.2, 0.25) is 0 Å². The molecule has 0 aromatic rings. The summed E-state index contributed by atoms with van der Waals surface area (Å²) in [5.74, 6) is 1.74. The lowest BCUT2D eigenvalue weighted by molar-refractivity contribution is 0.109. The lowest BCUT2D eigenvalue weighted by atomic mass is 9.66. The number of sulfone groups is 1. The molecule has 126 valence electrons. The highest BCUT2D eigenvalue weighted by Crippen LogP contribution is 2.41. The Labute approximate surface area is 132 Å². The summed E-state index contributed by atoms with van der Waals surface area (Å²) < 4.78 is 22.7. The third-order valence-corrected chi connectivity index (χ3v) is 5.98. The van der Waals surface area contributed by atoms with E-state index in [0.717, 1.165) is 31.7 Å². The second kappa shape index (κ2) is 7.96. The molecule has 1 aliphatic rings. The first-order valence-electron chi connectivity index (χ1n) is 8.54. The van der Waals surface area contributed by atoms with Crippen molar-refractivity contribution in [2.24, 2.45) is 17.3 Å². The zero-order valence-corrected chi connectivity index (χ0v) is 15.4. The fourth-order valence-electron chi connectivity index (χ4n) is 3.58. The van der Waals surface area contributed by atoms with Crippen molar-refractivity contribution in [1.29, 1.82) is 0 Å². The molecule has 1 N–H and O–H groups in total. The highest BCUT2D eigenvalue weighted by Gasteiger charge is 2.35. The molecule has 21 heavy (non-hydrogen) atoms. The van der Waals surface area contributed by atoms with Crippen LogP contribution in [0, 0.1) is 17.3 Å². The second-order valence-corrected chi connectivity index (χ2v) is 10.2. The van der Waals surface area contributed by atoms with E-state index >= 15 is 0 Å². The minimum Gasteiger partial charge on any atom is -0.314 e. The minimum absolute atomic E-state index is 0.337. The molecule has 0 amide bonds. The van der Waals surface area contributed by atoms with Crippen molar-refractivity contribution in [2.45, 2.75) is 72.3 Å². The number of hydrogen-bond donors (Lipinski definition) is 1. The quantitative estimate of drug-likeness (QED) is 0.780. The van der Waals surface area contributed by atoms with Crippen molar-refractivity contribution in [3.63, 3.8) is 0 Å². The Morgan fingerprint density at radius 1 is 1.19 bits per heavy atom. The summed E-state index contributed by atoms with van der Waals surface area (Å²) in [6.07, 6.45) is 8.15. The van der Waals surface area contributed by atoms with Gasteiger partial charge in [0.1, 0.15) is 9.84 Å². The third kappa shape index (κ3) is 7.14. The molecule has 3 nitrogen and oxygen atoms in total. The van der Waals surface area contributed by atoms with Gasteiger partial charge < -0.3 is 5.32 Å². The first-order chi connectivity index (χ1) is 9.63. The highest BCUT2D eigenvalue weighted by atomic mass is 32.2. The summed E-state index contributed by atoms with van der Waals surface area (Å²) >= 11 is 0. The molecule has 0 radical (unpaired) electrons. The van der Waals surface area contributed by atoms with Gasteiger partial charge in [-0.1, -0.05) is 27.7 Å². The molecule has 1 saturated carbocycles.